The minimum absolute atomic E-state index is 0.0766. The molecule has 21 heavy (non-hydrogen) atoms. The van der Waals surface area contributed by atoms with E-state index in [-0.39, 0.29) is 17.5 Å². The Morgan fingerprint density at radius 2 is 1.81 bits per heavy atom. The van der Waals surface area contributed by atoms with Gasteiger partial charge in [0, 0.05) is 11.6 Å². The van der Waals surface area contributed by atoms with E-state index >= 15 is 0 Å². The zero-order valence-corrected chi connectivity index (χ0v) is 13.1. The summed E-state index contributed by atoms with van der Waals surface area (Å²) in [6.45, 7) is 8.19. The number of hydrogen-bond donors (Lipinski definition) is 2. The van der Waals surface area contributed by atoms with Gasteiger partial charge in [-0.25, -0.2) is 8.78 Å². The average molecular weight is 298 g/mol. The Balaban J connectivity index is 2.42. The Morgan fingerprint density at radius 3 is 2.33 bits per heavy atom. The first kappa shape index (κ1) is 17.6. The topological polar surface area (TPSA) is 41.1 Å². The molecule has 0 aliphatic heterocycles. The summed E-state index contributed by atoms with van der Waals surface area (Å²) in [5.41, 5.74) is 0.333. The molecular weight excluding hydrogens is 274 g/mol. The van der Waals surface area contributed by atoms with Crippen LogP contribution in [0, 0.1) is 11.6 Å². The molecule has 0 bridgehead atoms. The third-order valence-corrected chi connectivity index (χ3v) is 3.53. The lowest BCUT2D eigenvalue weighted by molar-refractivity contribution is -0.124. The first-order chi connectivity index (χ1) is 9.73. The minimum atomic E-state index is -0.583. The third kappa shape index (κ3) is 6.21. The van der Waals surface area contributed by atoms with Crippen molar-refractivity contribution in [1.29, 1.82) is 0 Å². The van der Waals surface area contributed by atoms with E-state index in [9.17, 15) is 13.6 Å². The normalized spacial score (nSPS) is 13.0. The number of carbonyl (C=O) groups excluding carboxylic acids is 1. The minimum Gasteiger partial charge on any atom is -0.350 e. The summed E-state index contributed by atoms with van der Waals surface area (Å²) < 4.78 is 26.1. The molecule has 1 aromatic rings. The van der Waals surface area contributed by atoms with E-state index in [1.165, 1.54) is 12.1 Å². The van der Waals surface area contributed by atoms with E-state index in [1.54, 1.807) is 6.92 Å². The third-order valence-electron chi connectivity index (χ3n) is 3.53. The van der Waals surface area contributed by atoms with Crippen LogP contribution in [0.15, 0.2) is 18.2 Å². The number of halogens is 2. The van der Waals surface area contributed by atoms with Gasteiger partial charge in [-0.05, 0) is 57.9 Å². The van der Waals surface area contributed by atoms with Crippen molar-refractivity contribution < 1.29 is 13.6 Å². The van der Waals surface area contributed by atoms with Crippen LogP contribution in [0.4, 0.5) is 8.78 Å². The first-order valence-electron chi connectivity index (χ1n) is 7.24. The van der Waals surface area contributed by atoms with Crippen molar-refractivity contribution in [2.24, 2.45) is 0 Å². The molecule has 0 saturated heterocycles. The molecular formula is C16H24F2N2O. The fourth-order valence-electron chi connectivity index (χ4n) is 1.81. The second-order valence-electron chi connectivity index (χ2n) is 5.93. The molecule has 0 heterocycles. The van der Waals surface area contributed by atoms with Crippen LogP contribution < -0.4 is 10.6 Å². The average Bonchev–Trinajstić information content (AvgIpc) is 2.37. The highest BCUT2D eigenvalue weighted by atomic mass is 19.1. The van der Waals surface area contributed by atoms with Crippen molar-refractivity contribution in [3.63, 3.8) is 0 Å². The molecule has 0 saturated carbocycles. The van der Waals surface area contributed by atoms with Gasteiger partial charge in [-0.15, -0.1) is 0 Å². The van der Waals surface area contributed by atoms with Gasteiger partial charge in [0.05, 0.1) is 6.04 Å². The lowest BCUT2D eigenvalue weighted by atomic mass is 10.0. The fourth-order valence-corrected chi connectivity index (χ4v) is 1.81. The molecule has 1 amide bonds. The summed E-state index contributed by atoms with van der Waals surface area (Å²) in [7, 11) is 0. The number of nitrogens with one attached hydrogen (secondary N) is 2. The zero-order valence-electron chi connectivity index (χ0n) is 13.1. The number of amides is 1. The van der Waals surface area contributed by atoms with E-state index in [4.69, 9.17) is 0 Å². The zero-order chi connectivity index (χ0) is 16.0. The summed E-state index contributed by atoms with van der Waals surface area (Å²) in [6, 6.07) is 3.10. The van der Waals surface area contributed by atoms with Crippen LogP contribution >= 0.6 is 0 Å². The van der Waals surface area contributed by atoms with Crippen LogP contribution in [-0.2, 0) is 11.2 Å². The van der Waals surface area contributed by atoms with Gasteiger partial charge in [0.2, 0.25) is 5.91 Å². The molecule has 1 aromatic carbocycles. The Kier molecular flexibility index (Phi) is 6.27. The molecule has 1 rings (SSSR count). The van der Waals surface area contributed by atoms with E-state index < -0.39 is 11.6 Å². The van der Waals surface area contributed by atoms with Crippen LogP contribution in [0.25, 0.3) is 0 Å². The molecule has 0 aromatic heterocycles. The molecule has 0 radical (unpaired) electrons. The molecule has 1 atom stereocenters. The lowest BCUT2D eigenvalue weighted by Crippen LogP contribution is -2.50. The van der Waals surface area contributed by atoms with Crippen molar-refractivity contribution in [2.45, 2.75) is 52.1 Å². The largest absolute Gasteiger partial charge is 0.350 e. The van der Waals surface area contributed by atoms with Crippen LogP contribution in [0.3, 0.4) is 0 Å². The predicted molar refractivity (Wildman–Crippen MR) is 80.0 cm³/mol. The van der Waals surface area contributed by atoms with Gasteiger partial charge in [-0.1, -0.05) is 6.92 Å². The highest BCUT2D eigenvalue weighted by molar-refractivity contribution is 5.81. The van der Waals surface area contributed by atoms with E-state index in [2.05, 4.69) is 10.6 Å². The number of benzene rings is 1. The van der Waals surface area contributed by atoms with Gasteiger partial charge in [0.1, 0.15) is 11.6 Å². The quantitative estimate of drug-likeness (QED) is 0.813. The van der Waals surface area contributed by atoms with Crippen molar-refractivity contribution in [3.8, 4) is 0 Å². The van der Waals surface area contributed by atoms with Crippen molar-refractivity contribution >= 4 is 5.91 Å². The summed E-state index contributed by atoms with van der Waals surface area (Å²) in [5.74, 6) is -1.24. The highest BCUT2D eigenvalue weighted by Crippen LogP contribution is 2.09. The van der Waals surface area contributed by atoms with Crippen LogP contribution in [0.1, 0.15) is 39.7 Å². The maximum atomic E-state index is 13.0. The van der Waals surface area contributed by atoms with Gasteiger partial charge in [-0.2, -0.15) is 0 Å². The molecule has 2 N–H and O–H groups in total. The second-order valence-corrected chi connectivity index (χ2v) is 5.93. The molecule has 3 nitrogen and oxygen atoms in total. The van der Waals surface area contributed by atoms with Gasteiger partial charge in [0.25, 0.3) is 0 Å². The van der Waals surface area contributed by atoms with E-state index in [0.29, 0.717) is 18.5 Å². The summed E-state index contributed by atoms with van der Waals surface area (Å²) in [4.78, 5) is 12.0. The standard InChI is InChI=1S/C16H24F2N2O/c1-5-16(3,4)20-15(21)11(2)19-7-6-12-8-13(17)10-14(18)9-12/h8-11,19H,5-7H2,1-4H3,(H,20,21). The van der Waals surface area contributed by atoms with Gasteiger partial charge in [-0.3, -0.25) is 4.79 Å². The molecule has 5 heteroatoms. The van der Waals surface area contributed by atoms with E-state index in [0.717, 1.165) is 12.5 Å². The molecule has 0 aliphatic rings. The van der Waals surface area contributed by atoms with Crippen LogP contribution in [0.2, 0.25) is 0 Å². The summed E-state index contributed by atoms with van der Waals surface area (Å²) in [5, 5.41) is 6.01. The maximum absolute atomic E-state index is 13.0. The molecule has 1 unspecified atom stereocenters. The predicted octanol–water partition coefficient (Wildman–Crippen LogP) is 2.79. The van der Waals surface area contributed by atoms with Crippen molar-refractivity contribution in [2.75, 3.05) is 6.54 Å². The van der Waals surface area contributed by atoms with Gasteiger partial charge >= 0.3 is 0 Å². The fraction of sp³-hybridized carbons (Fsp3) is 0.562. The smallest absolute Gasteiger partial charge is 0.237 e. The summed E-state index contributed by atoms with van der Waals surface area (Å²) in [6.07, 6.45) is 1.30. The number of hydrogen-bond acceptors (Lipinski definition) is 2. The number of rotatable bonds is 7. The second kappa shape index (κ2) is 7.50. The Morgan fingerprint density at radius 1 is 1.24 bits per heavy atom. The monoisotopic (exact) mass is 298 g/mol. The van der Waals surface area contributed by atoms with Gasteiger partial charge in [0.15, 0.2) is 0 Å². The van der Waals surface area contributed by atoms with Gasteiger partial charge < -0.3 is 10.6 Å². The molecule has 0 aliphatic carbocycles. The van der Waals surface area contributed by atoms with Crippen molar-refractivity contribution in [3.05, 3.63) is 35.4 Å². The van der Waals surface area contributed by atoms with E-state index in [1.807, 2.05) is 20.8 Å². The molecule has 0 spiro atoms. The van der Waals surface area contributed by atoms with Crippen LogP contribution in [-0.4, -0.2) is 24.0 Å². The Labute approximate surface area is 125 Å². The molecule has 118 valence electrons. The highest BCUT2D eigenvalue weighted by Gasteiger charge is 2.21. The molecule has 0 fully saturated rings. The maximum Gasteiger partial charge on any atom is 0.237 e. The lowest BCUT2D eigenvalue weighted by Gasteiger charge is -2.26. The Hall–Kier alpha value is -1.49. The Bertz CT molecular complexity index is 469. The SMILES string of the molecule is CCC(C)(C)NC(=O)C(C)NCCc1cc(F)cc(F)c1. The summed E-state index contributed by atoms with van der Waals surface area (Å²) >= 11 is 0. The number of carbonyl (C=O) groups is 1. The van der Waals surface area contributed by atoms with Crippen LogP contribution in [0.5, 0.6) is 0 Å². The van der Waals surface area contributed by atoms with Crippen molar-refractivity contribution in [1.82, 2.24) is 10.6 Å². The first-order valence-corrected chi connectivity index (χ1v) is 7.24.